The molecule has 4 rings (SSSR count). The minimum absolute atomic E-state index is 0.00939. The molecule has 1 aromatic heterocycles. The van der Waals surface area contributed by atoms with Gasteiger partial charge < -0.3 is 15.2 Å². The van der Waals surface area contributed by atoms with Gasteiger partial charge in [0.05, 0.1) is 12.7 Å². The Hall–Kier alpha value is -2.31. The average molecular weight is 410 g/mol. The third-order valence-electron chi connectivity index (χ3n) is 6.40. The van der Waals surface area contributed by atoms with Crippen molar-refractivity contribution in [1.29, 1.82) is 0 Å². The standard InChI is InChI=1S/C24H35N5O/c1-6-11-29-14-17(26-24(30)28(7-2)15-27(4)5)12-20-18-9-8-10-21-23(18)19(13-22(20)29)16(3)25-21/h8-10,12,17,22,25H,6-7,11,13-15H2,1-5H3,(H,26,30)/t17-,22+/m0/s1. The molecule has 2 aromatic rings. The lowest BCUT2D eigenvalue weighted by Crippen LogP contribution is -2.54. The molecule has 1 aromatic carbocycles. The van der Waals surface area contributed by atoms with E-state index >= 15 is 0 Å². The van der Waals surface area contributed by atoms with E-state index in [9.17, 15) is 4.79 Å². The third kappa shape index (κ3) is 3.74. The number of carbonyl (C=O) groups is 1. The second-order valence-corrected chi connectivity index (χ2v) is 8.93. The molecule has 2 aliphatic rings. The van der Waals surface area contributed by atoms with Gasteiger partial charge in [0.1, 0.15) is 0 Å². The summed E-state index contributed by atoms with van der Waals surface area (Å²) >= 11 is 0. The highest BCUT2D eigenvalue weighted by atomic mass is 16.2. The van der Waals surface area contributed by atoms with Crippen LogP contribution in [0, 0.1) is 6.92 Å². The summed E-state index contributed by atoms with van der Waals surface area (Å²) in [4.78, 5) is 22.9. The van der Waals surface area contributed by atoms with Gasteiger partial charge in [-0.2, -0.15) is 0 Å². The number of rotatable bonds is 6. The highest BCUT2D eigenvalue weighted by Crippen LogP contribution is 2.41. The maximum Gasteiger partial charge on any atom is 0.318 e. The highest BCUT2D eigenvalue weighted by molar-refractivity contribution is 5.99. The zero-order chi connectivity index (χ0) is 21.4. The number of H-pyrrole nitrogens is 1. The minimum atomic E-state index is 0.00939. The van der Waals surface area contributed by atoms with Gasteiger partial charge in [0.25, 0.3) is 0 Å². The molecule has 30 heavy (non-hydrogen) atoms. The van der Waals surface area contributed by atoms with E-state index < -0.39 is 0 Å². The summed E-state index contributed by atoms with van der Waals surface area (Å²) in [7, 11) is 3.98. The fraction of sp³-hybridized carbons (Fsp3) is 0.542. The van der Waals surface area contributed by atoms with Crippen LogP contribution < -0.4 is 5.32 Å². The minimum Gasteiger partial charge on any atom is -0.358 e. The van der Waals surface area contributed by atoms with Crippen molar-refractivity contribution in [2.45, 2.75) is 45.7 Å². The second-order valence-electron chi connectivity index (χ2n) is 8.93. The quantitative estimate of drug-likeness (QED) is 0.719. The molecule has 2 atom stereocenters. The van der Waals surface area contributed by atoms with Crippen LogP contribution in [0.1, 0.15) is 37.1 Å². The van der Waals surface area contributed by atoms with Crippen LogP contribution in [0.15, 0.2) is 24.3 Å². The molecular weight excluding hydrogens is 374 g/mol. The van der Waals surface area contributed by atoms with Crippen molar-refractivity contribution in [3.63, 3.8) is 0 Å². The Bertz CT molecular complexity index is 960. The molecule has 0 saturated carbocycles. The molecule has 0 saturated heterocycles. The maximum atomic E-state index is 12.9. The number of fused-ring (bicyclic) bond motifs is 2. The van der Waals surface area contributed by atoms with Crippen LogP contribution in [0.5, 0.6) is 0 Å². The van der Waals surface area contributed by atoms with Gasteiger partial charge in [-0.15, -0.1) is 0 Å². The van der Waals surface area contributed by atoms with Crippen LogP contribution in [0.3, 0.4) is 0 Å². The van der Waals surface area contributed by atoms with E-state index in [0.29, 0.717) is 19.3 Å². The third-order valence-corrected chi connectivity index (χ3v) is 6.40. The Kier molecular flexibility index (Phi) is 5.89. The molecule has 1 aliphatic carbocycles. The summed E-state index contributed by atoms with van der Waals surface area (Å²) in [5.74, 6) is 0. The Morgan fingerprint density at radius 2 is 2.10 bits per heavy atom. The predicted octanol–water partition coefficient (Wildman–Crippen LogP) is 3.43. The molecule has 6 heteroatoms. The number of hydrogen-bond donors (Lipinski definition) is 2. The number of aromatic amines is 1. The number of hydrogen-bond acceptors (Lipinski definition) is 3. The van der Waals surface area contributed by atoms with Gasteiger partial charge in [0.15, 0.2) is 0 Å². The summed E-state index contributed by atoms with van der Waals surface area (Å²) in [6, 6.07) is 6.97. The van der Waals surface area contributed by atoms with E-state index in [1.54, 1.807) is 0 Å². The topological polar surface area (TPSA) is 54.6 Å². The van der Waals surface area contributed by atoms with Crippen molar-refractivity contribution >= 4 is 22.5 Å². The molecular formula is C24H35N5O. The molecule has 1 aliphatic heterocycles. The van der Waals surface area contributed by atoms with Crippen molar-refractivity contribution in [1.82, 2.24) is 25.0 Å². The molecule has 0 unspecified atom stereocenters. The lowest BCUT2D eigenvalue weighted by atomic mass is 9.80. The zero-order valence-corrected chi connectivity index (χ0v) is 19.0. The molecule has 0 radical (unpaired) electrons. The fourth-order valence-electron chi connectivity index (χ4n) is 5.12. The van der Waals surface area contributed by atoms with Gasteiger partial charge in [-0.3, -0.25) is 9.80 Å². The maximum absolute atomic E-state index is 12.9. The summed E-state index contributed by atoms with van der Waals surface area (Å²) in [5.41, 5.74) is 6.65. The molecule has 6 nitrogen and oxygen atoms in total. The molecule has 0 spiro atoms. The monoisotopic (exact) mass is 409 g/mol. The largest absolute Gasteiger partial charge is 0.358 e. The molecule has 2 heterocycles. The van der Waals surface area contributed by atoms with Crippen LogP contribution in [-0.4, -0.2) is 78.2 Å². The Labute approximate surface area is 179 Å². The van der Waals surface area contributed by atoms with Crippen molar-refractivity contribution in [2.75, 3.05) is 40.4 Å². The number of benzene rings is 1. The van der Waals surface area contributed by atoms with E-state index in [0.717, 1.165) is 25.9 Å². The van der Waals surface area contributed by atoms with Crippen LogP contribution in [0.4, 0.5) is 4.79 Å². The molecule has 2 N–H and O–H groups in total. The average Bonchev–Trinajstić information content (AvgIpc) is 3.03. The second kappa shape index (κ2) is 8.44. The summed E-state index contributed by atoms with van der Waals surface area (Å²) in [6.45, 7) is 9.67. The molecule has 0 fully saturated rings. The smallest absolute Gasteiger partial charge is 0.318 e. The number of carbonyl (C=O) groups excluding carboxylic acids is 1. The van der Waals surface area contributed by atoms with Gasteiger partial charge in [-0.05, 0) is 70.1 Å². The SMILES string of the molecule is CCCN1C[C@@H](NC(=O)N(CC)CN(C)C)C=C2c3cccc4[nH]c(C)c(c34)C[C@H]21. The van der Waals surface area contributed by atoms with E-state index in [1.807, 2.05) is 30.8 Å². The van der Waals surface area contributed by atoms with Crippen molar-refractivity contribution in [3.05, 3.63) is 41.1 Å². The number of amides is 2. The highest BCUT2D eigenvalue weighted by Gasteiger charge is 2.36. The first-order chi connectivity index (χ1) is 14.4. The predicted molar refractivity (Wildman–Crippen MR) is 124 cm³/mol. The van der Waals surface area contributed by atoms with Crippen molar-refractivity contribution < 1.29 is 4.79 Å². The first-order valence-electron chi connectivity index (χ1n) is 11.2. The van der Waals surface area contributed by atoms with Crippen LogP contribution >= 0.6 is 0 Å². The first kappa shape index (κ1) is 20.9. The molecule has 162 valence electrons. The van der Waals surface area contributed by atoms with Crippen LogP contribution in [0.2, 0.25) is 0 Å². The van der Waals surface area contributed by atoms with Gasteiger partial charge in [0, 0.05) is 35.7 Å². The van der Waals surface area contributed by atoms with E-state index in [2.05, 4.69) is 53.3 Å². The number of aromatic nitrogens is 1. The van der Waals surface area contributed by atoms with Gasteiger partial charge in [-0.1, -0.05) is 25.1 Å². The van der Waals surface area contributed by atoms with Gasteiger partial charge in [0.2, 0.25) is 0 Å². The van der Waals surface area contributed by atoms with Gasteiger partial charge in [-0.25, -0.2) is 4.79 Å². The number of aryl methyl sites for hydroxylation is 1. The van der Waals surface area contributed by atoms with Crippen molar-refractivity contribution in [3.8, 4) is 0 Å². The van der Waals surface area contributed by atoms with Crippen LogP contribution in [0.25, 0.3) is 16.5 Å². The molecule has 0 bridgehead atoms. The van der Waals surface area contributed by atoms with Crippen molar-refractivity contribution in [2.24, 2.45) is 0 Å². The summed E-state index contributed by atoms with van der Waals surface area (Å²) < 4.78 is 0. The normalized spacial score (nSPS) is 20.9. The first-order valence-corrected chi connectivity index (χ1v) is 11.2. The Morgan fingerprint density at radius 3 is 2.80 bits per heavy atom. The zero-order valence-electron chi connectivity index (χ0n) is 19.0. The molecule has 2 amide bonds. The summed E-state index contributed by atoms with van der Waals surface area (Å²) in [5, 5.41) is 4.66. The van der Waals surface area contributed by atoms with E-state index in [-0.39, 0.29) is 12.1 Å². The Balaban J connectivity index is 1.68. The fourth-order valence-corrected chi connectivity index (χ4v) is 5.12. The number of urea groups is 1. The van der Waals surface area contributed by atoms with E-state index in [4.69, 9.17) is 0 Å². The number of nitrogens with one attached hydrogen (secondary N) is 2. The van der Waals surface area contributed by atoms with Gasteiger partial charge >= 0.3 is 6.03 Å². The summed E-state index contributed by atoms with van der Waals surface area (Å²) in [6.07, 6.45) is 4.46. The lowest BCUT2D eigenvalue weighted by molar-refractivity contribution is 0.160. The lowest BCUT2D eigenvalue weighted by Gasteiger charge is -2.42. The number of nitrogens with zero attached hydrogens (tertiary/aromatic N) is 3. The Morgan fingerprint density at radius 1 is 1.30 bits per heavy atom. The van der Waals surface area contributed by atoms with Crippen LogP contribution in [-0.2, 0) is 6.42 Å². The van der Waals surface area contributed by atoms with E-state index in [1.165, 1.54) is 33.3 Å².